The van der Waals surface area contributed by atoms with Crippen molar-refractivity contribution in [3.63, 3.8) is 0 Å². The van der Waals surface area contributed by atoms with E-state index < -0.39 is 4.92 Å². The Labute approximate surface area is 122 Å². The first kappa shape index (κ1) is 11.9. The summed E-state index contributed by atoms with van der Waals surface area (Å²) in [6.07, 6.45) is 3.18. The van der Waals surface area contributed by atoms with Crippen molar-refractivity contribution in [2.75, 3.05) is 0 Å². The quantitative estimate of drug-likeness (QED) is 0.419. The Morgan fingerprint density at radius 1 is 1.14 bits per heavy atom. The van der Waals surface area contributed by atoms with Crippen LogP contribution in [0, 0.1) is 10.1 Å². The normalized spacial score (nSPS) is 11.2. The van der Waals surface area contributed by atoms with Crippen LogP contribution >= 0.6 is 11.3 Å². The molecule has 0 radical (unpaired) electrons. The van der Waals surface area contributed by atoms with Crippen LogP contribution in [0.25, 0.3) is 27.6 Å². The van der Waals surface area contributed by atoms with Crippen molar-refractivity contribution in [2.45, 2.75) is 0 Å². The van der Waals surface area contributed by atoms with E-state index in [9.17, 15) is 10.1 Å². The maximum absolute atomic E-state index is 10.7. The minimum absolute atomic E-state index is 0.0747. The van der Waals surface area contributed by atoms with Gasteiger partial charge in [-0.15, -0.1) is 11.3 Å². The van der Waals surface area contributed by atoms with E-state index in [1.54, 1.807) is 18.5 Å². The zero-order valence-corrected chi connectivity index (χ0v) is 11.3. The summed E-state index contributed by atoms with van der Waals surface area (Å²) < 4.78 is 1.92. The van der Waals surface area contributed by atoms with Gasteiger partial charge in [0.15, 0.2) is 5.82 Å². The average Bonchev–Trinajstić information content (AvgIpc) is 3.13. The van der Waals surface area contributed by atoms with Crippen LogP contribution in [-0.2, 0) is 0 Å². The summed E-state index contributed by atoms with van der Waals surface area (Å²) in [4.78, 5) is 23.8. The van der Waals surface area contributed by atoms with Crippen LogP contribution in [0.4, 0.5) is 5.69 Å². The molecule has 0 aliphatic carbocycles. The molecule has 21 heavy (non-hydrogen) atoms. The van der Waals surface area contributed by atoms with Crippen molar-refractivity contribution in [1.82, 2.24) is 19.4 Å². The van der Waals surface area contributed by atoms with E-state index in [4.69, 9.17) is 0 Å². The van der Waals surface area contributed by atoms with Crippen molar-refractivity contribution in [1.29, 1.82) is 0 Å². The Kier molecular flexibility index (Phi) is 2.45. The van der Waals surface area contributed by atoms with Gasteiger partial charge in [0.1, 0.15) is 23.2 Å². The number of hydrogen-bond donors (Lipinski definition) is 0. The Bertz CT molecular complexity index is 927. The van der Waals surface area contributed by atoms with E-state index in [0.717, 1.165) is 21.8 Å². The minimum Gasteiger partial charge on any atom is -0.289 e. The van der Waals surface area contributed by atoms with Crippen molar-refractivity contribution in [2.24, 2.45) is 0 Å². The number of nitro groups is 1. The summed E-state index contributed by atoms with van der Waals surface area (Å²) >= 11 is 1.54. The van der Waals surface area contributed by atoms with E-state index in [2.05, 4.69) is 15.0 Å². The minimum atomic E-state index is -0.409. The molecule has 1 aromatic carbocycles. The van der Waals surface area contributed by atoms with Gasteiger partial charge in [-0.3, -0.25) is 14.5 Å². The average molecular weight is 297 g/mol. The van der Waals surface area contributed by atoms with Crippen LogP contribution < -0.4 is 0 Å². The fraction of sp³-hybridized carbons (Fsp3) is 0. The first-order valence-electron chi connectivity index (χ1n) is 6.04. The maximum Gasteiger partial charge on any atom is 0.269 e. The van der Waals surface area contributed by atoms with E-state index in [-0.39, 0.29) is 5.69 Å². The van der Waals surface area contributed by atoms with Gasteiger partial charge in [0.25, 0.3) is 5.69 Å². The summed E-state index contributed by atoms with van der Waals surface area (Å²) in [5, 5.41) is 12.7. The molecule has 8 heteroatoms. The van der Waals surface area contributed by atoms with Crippen molar-refractivity contribution in [3.05, 3.63) is 52.4 Å². The summed E-state index contributed by atoms with van der Waals surface area (Å²) in [7, 11) is 0. The number of aromatic nitrogens is 4. The van der Waals surface area contributed by atoms with Crippen LogP contribution in [0.1, 0.15) is 0 Å². The molecule has 2 aliphatic rings. The number of hydrogen-bond acceptors (Lipinski definition) is 6. The van der Waals surface area contributed by atoms with Gasteiger partial charge in [-0.2, -0.15) is 0 Å². The maximum atomic E-state index is 10.7. The Morgan fingerprint density at radius 2 is 1.95 bits per heavy atom. The molecule has 0 fully saturated rings. The van der Waals surface area contributed by atoms with Crippen molar-refractivity contribution in [3.8, 4) is 22.8 Å². The molecule has 0 unspecified atom stereocenters. The molecule has 0 amide bonds. The molecule has 0 spiro atoms. The van der Waals surface area contributed by atoms with Gasteiger partial charge in [0.2, 0.25) is 0 Å². The molecule has 7 nitrogen and oxygen atoms in total. The van der Waals surface area contributed by atoms with Gasteiger partial charge in [0, 0.05) is 17.5 Å². The molecule has 2 aromatic rings. The van der Waals surface area contributed by atoms with Crippen LogP contribution in [0.3, 0.4) is 0 Å². The molecule has 0 atom stereocenters. The standard InChI is InChI=1S/C13H7N5O2S/c19-18(20)9-3-1-8(2-4-9)10-5-21-13-11-12(15-6-14-11)16-7-17(10)13/h1-7H. The lowest BCUT2D eigenvalue weighted by Gasteiger charge is -2.03. The van der Waals surface area contributed by atoms with Crippen LogP contribution in [-0.4, -0.2) is 24.3 Å². The highest BCUT2D eigenvalue weighted by atomic mass is 32.1. The third-order valence-corrected chi connectivity index (χ3v) is 4.17. The predicted octanol–water partition coefficient (Wildman–Crippen LogP) is 2.87. The lowest BCUT2D eigenvalue weighted by molar-refractivity contribution is -0.384. The molecule has 0 saturated carbocycles. The topological polar surface area (TPSA) is 86.2 Å². The van der Waals surface area contributed by atoms with Gasteiger partial charge >= 0.3 is 0 Å². The number of non-ortho nitro benzene ring substituents is 1. The van der Waals surface area contributed by atoms with Gasteiger partial charge in [0.05, 0.1) is 10.6 Å². The molecule has 3 heterocycles. The Morgan fingerprint density at radius 3 is 2.71 bits per heavy atom. The van der Waals surface area contributed by atoms with E-state index in [1.807, 2.05) is 9.78 Å². The highest BCUT2D eigenvalue weighted by Gasteiger charge is 2.16. The summed E-state index contributed by atoms with van der Waals surface area (Å²) in [6.45, 7) is 0. The van der Waals surface area contributed by atoms with Gasteiger partial charge in [-0.1, -0.05) is 0 Å². The molecule has 4 rings (SSSR count). The van der Waals surface area contributed by atoms with E-state index in [1.165, 1.54) is 29.8 Å². The summed E-state index contributed by atoms with van der Waals surface area (Å²) in [6, 6.07) is 6.45. The molecule has 1 aromatic heterocycles. The number of nitrogens with zero attached hydrogens (tertiary/aromatic N) is 5. The molecule has 0 saturated heterocycles. The number of thiazole rings is 1. The first-order valence-corrected chi connectivity index (χ1v) is 6.92. The van der Waals surface area contributed by atoms with Gasteiger partial charge in [-0.25, -0.2) is 15.0 Å². The molecule has 0 N–H and O–H groups in total. The highest BCUT2D eigenvalue weighted by molar-refractivity contribution is 7.16. The second kappa shape index (κ2) is 4.32. The van der Waals surface area contributed by atoms with Gasteiger partial charge in [-0.05, 0) is 17.7 Å². The Hall–Kier alpha value is -2.87. The van der Waals surface area contributed by atoms with Crippen LogP contribution in [0.5, 0.6) is 0 Å². The number of rotatable bonds is 2. The third-order valence-electron chi connectivity index (χ3n) is 3.21. The fourth-order valence-corrected chi connectivity index (χ4v) is 3.19. The Balaban J connectivity index is 1.90. The SMILES string of the molecule is O=[N+]([O-])c1ccc(-c2csc3c4ncnc-4ncn23)cc1. The zero-order valence-electron chi connectivity index (χ0n) is 10.5. The summed E-state index contributed by atoms with van der Waals surface area (Å²) in [5.41, 5.74) is 2.64. The summed E-state index contributed by atoms with van der Waals surface area (Å²) in [5.74, 6) is 0.618. The second-order valence-corrected chi connectivity index (χ2v) is 5.25. The van der Waals surface area contributed by atoms with Gasteiger partial charge < -0.3 is 0 Å². The third kappa shape index (κ3) is 1.77. The number of imidazole rings is 1. The van der Waals surface area contributed by atoms with Crippen LogP contribution in [0.2, 0.25) is 0 Å². The smallest absolute Gasteiger partial charge is 0.269 e. The zero-order chi connectivity index (χ0) is 14.4. The number of nitro benzene ring substituents is 1. The van der Waals surface area contributed by atoms with E-state index >= 15 is 0 Å². The molecule has 2 aliphatic heterocycles. The van der Waals surface area contributed by atoms with E-state index in [0.29, 0.717) is 5.82 Å². The first-order chi connectivity index (χ1) is 10.2. The lowest BCUT2D eigenvalue weighted by atomic mass is 10.1. The van der Waals surface area contributed by atoms with Crippen LogP contribution in [0.15, 0.2) is 42.3 Å². The molecule has 0 bridgehead atoms. The largest absolute Gasteiger partial charge is 0.289 e. The monoisotopic (exact) mass is 297 g/mol. The second-order valence-electron chi connectivity index (χ2n) is 4.39. The van der Waals surface area contributed by atoms with Crippen molar-refractivity contribution < 1.29 is 4.92 Å². The predicted molar refractivity (Wildman–Crippen MR) is 77.4 cm³/mol. The number of benzene rings is 1. The molecular formula is C13H7N5O2S. The molecular weight excluding hydrogens is 290 g/mol. The lowest BCUT2D eigenvalue weighted by Crippen LogP contribution is -1.94. The number of fused-ring (bicyclic) bond motifs is 3. The fourth-order valence-electron chi connectivity index (χ4n) is 2.20. The van der Waals surface area contributed by atoms with Crippen molar-refractivity contribution >= 4 is 21.9 Å². The molecule has 102 valence electrons. The highest BCUT2D eigenvalue weighted by Crippen LogP contribution is 2.31.